The molecular formula is C12H17F2N. The van der Waals surface area contributed by atoms with E-state index in [9.17, 15) is 8.78 Å². The molecule has 0 radical (unpaired) electrons. The highest BCUT2D eigenvalue weighted by Gasteiger charge is 2.29. The molecule has 0 saturated heterocycles. The van der Waals surface area contributed by atoms with Crippen molar-refractivity contribution in [1.29, 1.82) is 0 Å². The van der Waals surface area contributed by atoms with Crippen molar-refractivity contribution >= 4 is 0 Å². The van der Waals surface area contributed by atoms with E-state index in [0.717, 1.165) is 12.0 Å². The van der Waals surface area contributed by atoms with Crippen molar-refractivity contribution in [1.82, 2.24) is 0 Å². The fraction of sp³-hybridized carbons (Fsp3) is 0.500. The predicted molar refractivity (Wildman–Crippen MR) is 58.0 cm³/mol. The zero-order valence-corrected chi connectivity index (χ0v) is 8.97. The summed E-state index contributed by atoms with van der Waals surface area (Å²) in [5, 5.41) is 0. The van der Waals surface area contributed by atoms with Gasteiger partial charge >= 0.3 is 0 Å². The first kappa shape index (κ1) is 12.1. The molecule has 0 amide bonds. The lowest BCUT2D eigenvalue weighted by molar-refractivity contribution is -0.0140. The van der Waals surface area contributed by atoms with Gasteiger partial charge in [-0.15, -0.1) is 0 Å². The molecule has 1 rings (SSSR count). The molecule has 3 heteroatoms. The molecule has 1 aromatic rings. The van der Waals surface area contributed by atoms with Crippen LogP contribution >= 0.6 is 0 Å². The monoisotopic (exact) mass is 213 g/mol. The van der Waals surface area contributed by atoms with Gasteiger partial charge in [0.1, 0.15) is 0 Å². The van der Waals surface area contributed by atoms with Gasteiger partial charge in [0, 0.05) is 12.0 Å². The Hall–Kier alpha value is -0.960. The van der Waals surface area contributed by atoms with Crippen molar-refractivity contribution in [3.8, 4) is 0 Å². The van der Waals surface area contributed by atoms with E-state index in [1.165, 1.54) is 12.1 Å². The molecule has 1 aromatic carbocycles. The van der Waals surface area contributed by atoms with Gasteiger partial charge in [-0.2, -0.15) is 0 Å². The molecule has 0 heterocycles. The minimum Gasteiger partial charge on any atom is -0.330 e. The van der Waals surface area contributed by atoms with Crippen LogP contribution in [0, 0.1) is 0 Å². The maximum Gasteiger partial charge on any atom is 0.273 e. The summed E-state index contributed by atoms with van der Waals surface area (Å²) in [5.74, 6) is -2.70. The van der Waals surface area contributed by atoms with Crippen molar-refractivity contribution in [3.63, 3.8) is 0 Å². The van der Waals surface area contributed by atoms with Crippen LogP contribution in [0.1, 0.15) is 30.9 Å². The first-order chi connectivity index (χ1) is 7.10. The number of hydrogen-bond donors (Lipinski definition) is 1. The van der Waals surface area contributed by atoms with Crippen LogP contribution in [-0.4, -0.2) is 6.54 Å². The molecule has 2 N–H and O–H groups in total. The highest BCUT2D eigenvalue weighted by Crippen LogP contribution is 2.32. The second-order valence-electron chi connectivity index (χ2n) is 3.69. The average molecular weight is 213 g/mol. The van der Waals surface area contributed by atoms with Crippen LogP contribution in [-0.2, 0) is 12.3 Å². The normalized spacial score (nSPS) is 11.7. The Balaban J connectivity index is 2.78. The van der Waals surface area contributed by atoms with E-state index in [0.29, 0.717) is 13.0 Å². The highest BCUT2D eigenvalue weighted by atomic mass is 19.3. The largest absolute Gasteiger partial charge is 0.330 e. The van der Waals surface area contributed by atoms with Crippen molar-refractivity contribution in [2.45, 2.75) is 32.1 Å². The molecule has 0 saturated carbocycles. The SMILES string of the molecule is CCCC(F)(F)c1ccc(CCN)cc1. The minimum atomic E-state index is -2.70. The van der Waals surface area contributed by atoms with Crippen molar-refractivity contribution in [2.24, 2.45) is 5.73 Å². The van der Waals surface area contributed by atoms with Crippen molar-refractivity contribution in [3.05, 3.63) is 35.4 Å². The molecule has 0 fully saturated rings. The van der Waals surface area contributed by atoms with Crippen molar-refractivity contribution in [2.75, 3.05) is 6.54 Å². The zero-order valence-electron chi connectivity index (χ0n) is 8.97. The van der Waals surface area contributed by atoms with E-state index in [1.807, 2.05) is 0 Å². The predicted octanol–water partition coefficient (Wildman–Crippen LogP) is 3.08. The van der Waals surface area contributed by atoms with E-state index in [4.69, 9.17) is 5.73 Å². The summed E-state index contributed by atoms with van der Waals surface area (Å²) in [6, 6.07) is 6.46. The summed E-state index contributed by atoms with van der Waals surface area (Å²) in [6.45, 7) is 2.31. The smallest absolute Gasteiger partial charge is 0.273 e. The number of rotatable bonds is 5. The maximum atomic E-state index is 13.4. The van der Waals surface area contributed by atoms with Gasteiger partial charge in [-0.25, -0.2) is 8.78 Å². The Bertz CT molecular complexity index is 293. The molecule has 0 bridgehead atoms. The van der Waals surface area contributed by atoms with Gasteiger partial charge in [0.15, 0.2) is 0 Å². The van der Waals surface area contributed by atoms with Gasteiger partial charge < -0.3 is 5.73 Å². The lowest BCUT2D eigenvalue weighted by Gasteiger charge is -2.15. The summed E-state index contributed by atoms with van der Waals surface area (Å²) in [4.78, 5) is 0. The van der Waals surface area contributed by atoms with Crippen LogP contribution in [0.25, 0.3) is 0 Å². The minimum absolute atomic E-state index is 0.0940. The lowest BCUT2D eigenvalue weighted by atomic mass is 10.0. The standard InChI is InChI=1S/C12H17F2N/c1-2-8-12(13,14)11-5-3-10(4-6-11)7-9-15/h3-6H,2,7-9,15H2,1H3. The second-order valence-corrected chi connectivity index (χ2v) is 3.69. The molecule has 0 aliphatic carbocycles. The first-order valence-electron chi connectivity index (χ1n) is 5.27. The fourth-order valence-corrected chi connectivity index (χ4v) is 1.54. The number of nitrogens with two attached hydrogens (primary N) is 1. The number of hydrogen-bond acceptors (Lipinski definition) is 1. The molecular weight excluding hydrogens is 196 g/mol. The topological polar surface area (TPSA) is 26.0 Å². The Morgan fingerprint density at radius 3 is 2.27 bits per heavy atom. The number of benzene rings is 1. The Labute approximate surface area is 89.3 Å². The molecule has 15 heavy (non-hydrogen) atoms. The van der Waals surface area contributed by atoms with E-state index in [2.05, 4.69) is 0 Å². The highest BCUT2D eigenvalue weighted by molar-refractivity contribution is 5.26. The van der Waals surface area contributed by atoms with Gasteiger partial charge in [-0.05, 0) is 18.5 Å². The van der Waals surface area contributed by atoms with Crippen LogP contribution in [0.2, 0.25) is 0 Å². The van der Waals surface area contributed by atoms with E-state index >= 15 is 0 Å². The zero-order chi connectivity index (χ0) is 11.3. The van der Waals surface area contributed by atoms with Gasteiger partial charge in [-0.3, -0.25) is 0 Å². The molecule has 0 aromatic heterocycles. The first-order valence-corrected chi connectivity index (χ1v) is 5.27. The molecule has 0 spiro atoms. The third-order valence-electron chi connectivity index (χ3n) is 2.37. The van der Waals surface area contributed by atoms with Crippen LogP contribution < -0.4 is 5.73 Å². The lowest BCUT2D eigenvalue weighted by Crippen LogP contribution is -2.12. The van der Waals surface area contributed by atoms with Crippen LogP contribution in [0.5, 0.6) is 0 Å². The Kier molecular flexibility index (Phi) is 4.21. The van der Waals surface area contributed by atoms with E-state index in [-0.39, 0.29) is 12.0 Å². The average Bonchev–Trinajstić information content (AvgIpc) is 2.19. The van der Waals surface area contributed by atoms with E-state index in [1.54, 1.807) is 19.1 Å². The fourth-order valence-electron chi connectivity index (χ4n) is 1.54. The Morgan fingerprint density at radius 2 is 1.80 bits per heavy atom. The van der Waals surface area contributed by atoms with Crippen LogP contribution in [0.15, 0.2) is 24.3 Å². The number of halogens is 2. The Morgan fingerprint density at radius 1 is 1.20 bits per heavy atom. The van der Waals surface area contributed by atoms with Crippen LogP contribution in [0.3, 0.4) is 0 Å². The molecule has 0 aliphatic heterocycles. The summed E-state index contributed by atoms with van der Waals surface area (Å²) >= 11 is 0. The third kappa shape index (κ3) is 3.27. The quantitative estimate of drug-likeness (QED) is 0.799. The second kappa shape index (κ2) is 5.21. The van der Waals surface area contributed by atoms with Crippen molar-refractivity contribution < 1.29 is 8.78 Å². The van der Waals surface area contributed by atoms with Gasteiger partial charge in [0.2, 0.25) is 0 Å². The van der Waals surface area contributed by atoms with Gasteiger partial charge in [-0.1, -0.05) is 37.6 Å². The van der Waals surface area contributed by atoms with Crippen LogP contribution in [0.4, 0.5) is 8.78 Å². The number of alkyl halides is 2. The maximum absolute atomic E-state index is 13.4. The summed E-state index contributed by atoms with van der Waals surface area (Å²) in [6.07, 6.45) is 1.13. The molecule has 84 valence electrons. The summed E-state index contributed by atoms with van der Waals surface area (Å²) in [5.41, 5.74) is 6.49. The molecule has 0 aliphatic rings. The molecule has 0 atom stereocenters. The summed E-state index contributed by atoms with van der Waals surface area (Å²) in [7, 11) is 0. The molecule has 0 unspecified atom stereocenters. The van der Waals surface area contributed by atoms with Gasteiger partial charge in [0.25, 0.3) is 5.92 Å². The summed E-state index contributed by atoms with van der Waals surface area (Å²) < 4.78 is 26.9. The van der Waals surface area contributed by atoms with Gasteiger partial charge in [0.05, 0.1) is 0 Å². The third-order valence-corrected chi connectivity index (χ3v) is 2.37. The van der Waals surface area contributed by atoms with E-state index < -0.39 is 5.92 Å². The molecule has 1 nitrogen and oxygen atoms in total.